The second kappa shape index (κ2) is 14.7. The second-order valence-electron chi connectivity index (χ2n) is 13.3. The van der Waals surface area contributed by atoms with Gasteiger partial charge in [0.05, 0.1) is 11.8 Å². The summed E-state index contributed by atoms with van der Waals surface area (Å²) in [5, 5.41) is 15.3. The lowest BCUT2D eigenvalue weighted by molar-refractivity contribution is -0.126. The number of halogens is 3. The van der Waals surface area contributed by atoms with Crippen LogP contribution in [0.15, 0.2) is 24.3 Å². The maximum atomic E-state index is 13.0. The summed E-state index contributed by atoms with van der Waals surface area (Å²) in [4.78, 5) is 14.5. The largest absolute Gasteiger partial charge is 0.393 e. The molecule has 3 aromatic heterocycles. The highest BCUT2D eigenvalue weighted by Crippen LogP contribution is 2.34. The number of nitrogens with one attached hydrogen (secondary N) is 2. The molecule has 6 rings (SSSR count). The number of aromatic nitrogens is 3. The fourth-order valence-corrected chi connectivity index (χ4v) is 9.28. The molecule has 2 fully saturated rings. The maximum absolute atomic E-state index is 13.0. The number of anilines is 1. The van der Waals surface area contributed by atoms with Crippen LogP contribution >= 0.6 is 11.3 Å². The van der Waals surface area contributed by atoms with Crippen LogP contribution in [0.4, 0.5) is 19.0 Å². The molecule has 4 aromatic rings. The highest BCUT2D eigenvalue weighted by atomic mass is 32.2. The minimum Gasteiger partial charge on any atom is -0.367 e. The molecule has 0 saturated carbocycles. The monoisotopic (exact) mass is 731 g/mol. The zero-order valence-electron chi connectivity index (χ0n) is 28.8. The van der Waals surface area contributed by atoms with Gasteiger partial charge >= 0.3 is 6.18 Å². The molecule has 0 amide bonds. The lowest BCUT2D eigenvalue weighted by atomic mass is 10.0. The molecule has 1 aromatic carbocycles. The number of piperidine rings is 1. The number of thiophene rings is 1. The van der Waals surface area contributed by atoms with Crippen molar-refractivity contribution in [3.05, 3.63) is 51.8 Å². The number of hydrogen-bond donors (Lipinski definition) is 2. The predicted molar refractivity (Wildman–Crippen MR) is 190 cm³/mol. The van der Waals surface area contributed by atoms with Gasteiger partial charge in [-0.3, -0.25) is 9.80 Å². The molecule has 1 atom stereocenters. The van der Waals surface area contributed by atoms with Crippen molar-refractivity contribution in [2.45, 2.75) is 77.8 Å². The highest BCUT2D eigenvalue weighted by Gasteiger charge is 2.31. The summed E-state index contributed by atoms with van der Waals surface area (Å²) in [6, 6.07) is 10.6. The predicted octanol–water partition coefficient (Wildman–Crippen LogP) is 5.18. The molecular weight excluding hydrogens is 688 g/mol. The molecule has 0 spiro atoms. The summed E-state index contributed by atoms with van der Waals surface area (Å²) in [5.41, 5.74) is 4.01. The molecule has 0 aliphatic carbocycles. The second-order valence-corrected chi connectivity index (χ2v) is 16.3. The Bertz CT molecular complexity index is 1990. The van der Waals surface area contributed by atoms with Crippen LogP contribution in [-0.2, 0) is 29.7 Å². The first-order valence-electron chi connectivity index (χ1n) is 17.1. The topological polar surface area (TPSA) is 122 Å². The number of benzene rings is 1. The first-order valence-corrected chi connectivity index (χ1v) is 19.3. The molecule has 2 aliphatic heterocycles. The Kier molecular flexibility index (Phi) is 10.7. The van der Waals surface area contributed by atoms with Crippen molar-refractivity contribution >= 4 is 48.5 Å². The van der Waals surface area contributed by atoms with Gasteiger partial charge in [0.25, 0.3) is 10.2 Å². The van der Waals surface area contributed by atoms with Crippen molar-refractivity contribution in [2.75, 3.05) is 51.6 Å². The van der Waals surface area contributed by atoms with Gasteiger partial charge in [0, 0.05) is 87.3 Å². The van der Waals surface area contributed by atoms with Crippen LogP contribution in [0.5, 0.6) is 0 Å². The molecule has 0 unspecified atom stereocenters. The molecule has 2 aliphatic rings. The number of alkyl halides is 3. The van der Waals surface area contributed by atoms with E-state index in [1.807, 2.05) is 6.07 Å². The van der Waals surface area contributed by atoms with E-state index < -0.39 is 22.8 Å². The Labute approximate surface area is 295 Å². The third-order valence-electron chi connectivity index (χ3n) is 10.1. The van der Waals surface area contributed by atoms with Gasteiger partial charge in [-0.25, -0.2) is 14.7 Å². The van der Waals surface area contributed by atoms with Gasteiger partial charge < -0.3 is 9.88 Å². The molecule has 0 radical (unpaired) electrons. The van der Waals surface area contributed by atoms with E-state index in [9.17, 15) is 26.9 Å². The zero-order chi connectivity index (χ0) is 35.8. The summed E-state index contributed by atoms with van der Waals surface area (Å²) in [5.74, 6) is 1.13. The van der Waals surface area contributed by atoms with Crippen molar-refractivity contribution < 1.29 is 21.6 Å². The van der Waals surface area contributed by atoms with Crippen LogP contribution in [-0.4, -0.2) is 102 Å². The van der Waals surface area contributed by atoms with Gasteiger partial charge in [-0.15, -0.1) is 11.3 Å². The standard InChI is InChI=1S/C34H44F3N9O2S2/c1-5-26(44-12-14-45(15-13-44)50(47,48)39-4)21-46-27(19-38)16-29-22(2)24(6-7-31(29)46)20-43-10-8-25(9-11-43)42-32-30-17-28(18-34(35,36)37)49-33(30)41-23(3)40-32/h6-7,16-17,25-26,39H,5,8-15,18,20-21H2,1-4H3,(H,40,41,42)/t26-/m0/s1. The van der Waals surface area contributed by atoms with E-state index in [0.29, 0.717) is 60.3 Å². The number of aryl methyl sites for hydroxylation is 2. The molecule has 2 saturated heterocycles. The smallest absolute Gasteiger partial charge is 0.367 e. The average Bonchev–Trinajstić information content (AvgIpc) is 3.65. The molecule has 11 nitrogen and oxygen atoms in total. The van der Waals surface area contributed by atoms with Crippen LogP contribution in [0.1, 0.15) is 53.7 Å². The SMILES string of the molecule is CC[C@@H](Cn1c(C#N)cc2c(C)c(CN3CCC(Nc4nc(C)nc5sc(CC(F)(F)F)cc45)CC3)ccc21)N1CCN(S(=O)(=O)NC)CC1. The Morgan fingerprint density at radius 3 is 2.42 bits per heavy atom. The molecule has 16 heteroatoms. The fraction of sp³-hybridized carbons (Fsp3) is 0.559. The van der Waals surface area contributed by atoms with E-state index >= 15 is 0 Å². The highest BCUT2D eigenvalue weighted by molar-refractivity contribution is 7.87. The summed E-state index contributed by atoms with van der Waals surface area (Å²) in [6.45, 7) is 11.3. The van der Waals surface area contributed by atoms with Crippen LogP contribution in [0.3, 0.4) is 0 Å². The van der Waals surface area contributed by atoms with Gasteiger partial charge in [0.2, 0.25) is 0 Å². The Hall–Kier alpha value is -3.33. The molecule has 2 N–H and O–H groups in total. The van der Waals surface area contributed by atoms with Crippen LogP contribution in [0.25, 0.3) is 21.1 Å². The third-order valence-corrected chi connectivity index (χ3v) is 12.7. The molecule has 270 valence electrons. The van der Waals surface area contributed by atoms with Crippen molar-refractivity contribution in [1.29, 1.82) is 5.26 Å². The number of fused-ring (bicyclic) bond motifs is 2. The van der Waals surface area contributed by atoms with E-state index in [0.717, 1.165) is 66.7 Å². The van der Waals surface area contributed by atoms with Gasteiger partial charge in [-0.05, 0) is 62.4 Å². The van der Waals surface area contributed by atoms with Gasteiger partial charge in [-0.2, -0.15) is 31.2 Å². The van der Waals surface area contributed by atoms with Crippen molar-refractivity contribution in [2.24, 2.45) is 0 Å². The number of nitriles is 1. The van der Waals surface area contributed by atoms with Crippen LogP contribution in [0, 0.1) is 25.2 Å². The molecular formula is C34H44F3N9O2S2. The quantitative estimate of drug-likeness (QED) is 0.217. The van der Waals surface area contributed by atoms with Crippen LogP contribution in [0.2, 0.25) is 0 Å². The fourth-order valence-electron chi connectivity index (χ4n) is 7.28. The van der Waals surface area contributed by atoms with Crippen molar-refractivity contribution in [3.63, 3.8) is 0 Å². The lowest BCUT2D eigenvalue weighted by Crippen LogP contribution is -2.54. The average molecular weight is 732 g/mol. The normalized spacial score (nSPS) is 18.2. The first kappa shape index (κ1) is 36.5. The number of likely N-dealkylation sites (tertiary alicyclic amines) is 1. The maximum Gasteiger partial charge on any atom is 0.393 e. The number of piperazine rings is 1. The van der Waals surface area contributed by atoms with Crippen molar-refractivity contribution in [3.8, 4) is 6.07 Å². The first-order chi connectivity index (χ1) is 23.8. The minimum absolute atomic E-state index is 0.146. The van der Waals surface area contributed by atoms with E-state index in [2.05, 4.69) is 66.4 Å². The van der Waals surface area contributed by atoms with Gasteiger partial charge in [0.15, 0.2) is 0 Å². The van der Waals surface area contributed by atoms with Gasteiger partial charge in [-0.1, -0.05) is 13.0 Å². The summed E-state index contributed by atoms with van der Waals surface area (Å²) in [6.07, 6.45) is -2.63. The summed E-state index contributed by atoms with van der Waals surface area (Å²) in [7, 11) is -2.01. The molecule has 50 heavy (non-hydrogen) atoms. The van der Waals surface area contributed by atoms with E-state index in [1.165, 1.54) is 16.9 Å². The number of hydrogen-bond acceptors (Lipinski definition) is 9. The Morgan fingerprint density at radius 2 is 1.78 bits per heavy atom. The minimum atomic E-state index is -4.27. The van der Waals surface area contributed by atoms with E-state index in [-0.39, 0.29) is 17.0 Å². The summed E-state index contributed by atoms with van der Waals surface area (Å²) >= 11 is 1.07. The zero-order valence-corrected chi connectivity index (χ0v) is 30.5. The van der Waals surface area contributed by atoms with Gasteiger partial charge in [0.1, 0.15) is 28.2 Å². The van der Waals surface area contributed by atoms with Crippen LogP contribution < -0.4 is 10.0 Å². The Morgan fingerprint density at radius 1 is 1.06 bits per heavy atom. The molecule has 5 heterocycles. The van der Waals surface area contributed by atoms with Crippen molar-refractivity contribution in [1.82, 2.24) is 33.4 Å². The molecule has 0 bridgehead atoms. The Balaban J connectivity index is 1.10. The van der Waals surface area contributed by atoms with E-state index in [1.54, 1.807) is 13.0 Å². The van der Waals surface area contributed by atoms with E-state index in [4.69, 9.17) is 0 Å². The lowest BCUT2D eigenvalue weighted by Gasteiger charge is -2.38. The third kappa shape index (κ3) is 7.93. The number of rotatable bonds is 11. The summed E-state index contributed by atoms with van der Waals surface area (Å²) < 4.78 is 69.6. The number of nitrogens with zero attached hydrogens (tertiary/aromatic N) is 7.